The molecular formula is C19H27NO4S. The van der Waals surface area contributed by atoms with Crippen LogP contribution in [-0.2, 0) is 9.59 Å². The zero-order chi connectivity index (χ0) is 18.1. The van der Waals surface area contributed by atoms with E-state index in [2.05, 4.69) is 4.90 Å². The van der Waals surface area contributed by atoms with Crippen molar-refractivity contribution < 1.29 is 19.1 Å². The molecule has 0 bridgehead atoms. The lowest BCUT2D eigenvalue weighted by molar-refractivity contribution is -0.132. The van der Waals surface area contributed by atoms with Crippen LogP contribution < -0.4 is 9.47 Å². The molecule has 0 atom stereocenters. The highest BCUT2D eigenvalue weighted by Gasteiger charge is 2.11. The van der Waals surface area contributed by atoms with Gasteiger partial charge in [-0.1, -0.05) is 6.42 Å². The van der Waals surface area contributed by atoms with E-state index in [-0.39, 0.29) is 5.97 Å². The Morgan fingerprint density at radius 3 is 2.44 bits per heavy atom. The molecule has 1 heterocycles. The summed E-state index contributed by atoms with van der Waals surface area (Å²) in [6.07, 6.45) is 6.33. The molecule has 1 aliphatic rings. The first-order chi connectivity index (χ1) is 12.0. The summed E-state index contributed by atoms with van der Waals surface area (Å²) in [6.45, 7) is 6.35. The maximum absolute atomic E-state index is 11.3. The highest BCUT2D eigenvalue weighted by atomic mass is 32.2. The lowest BCUT2D eigenvalue weighted by atomic mass is 10.1. The molecule has 0 radical (unpaired) electrons. The van der Waals surface area contributed by atoms with Gasteiger partial charge in [-0.25, -0.2) is 0 Å². The average molecular weight is 365 g/mol. The van der Waals surface area contributed by atoms with Gasteiger partial charge >= 0.3 is 11.9 Å². The summed E-state index contributed by atoms with van der Waals surface area (Å²) in [5.74, 6) is 1.03. The molecule has 1 fully saturated rings. The number of thioether (sulfide) groups is 1. The van der Waals surface area contributed by atoms with E-state index in [0.29, 0.717) is 11.5 Å². The molecule has 1 saturated heterocycles. The molecule has 2 rings (SSSR count). The Balaban J connectivity index is 1.82. The van der Waals surface area contributed by atoms with Crippen LogP contribution in [0.1, 0.15) is 46.0 Å². The molecule has 0 aromatic heterocycles. The van der Waals surface area contributed by atoms with Gasteiger partial charge in [-0.2, -0.15) is 0 Å². The van der Waals surface area contributed by atoms with Crippen molar-refractivity contribution in [1.82, 2.24) is 4.90 Å². The van der Waals surface area contributed by atoms with Gasteiger partial charge in [0.1, 0.15) is 11.5 Å². The van der Waals surface area contributed by atoms with Crippen LogP contribution in [0.15, 0.2) is 23.1 Å². The van der Waals surface area contributed by atoms with Crippen LogP contribution in [0.5, 0.6) is 11.5 Å². The van der Waals surface area contributed by atoms with Crippen molar-refractivity contribution in [2.24, 2.45) is 0 Å². The Morgan fingerprint density at radius 2 is 1.76 bits per heavy atom. The number of carbonyl (C=O) groups excluding carboxylic acids is 2. The number of carbonyl (C=O) groups is 2. The lowest BCUT2D eigenvalue weighted by Gasteiger charge is -2.26. The van der Waals surface area contributed by atoms with Gasteiger partial charge in [-0.05, 0) is 63.2 Å². The summed E-state index contributed by atoms with van der Waals surface area (Å²) in [4.78, 5) is 25.8. The number of unbranched alkanes of at least 4 members (excludes halogenated alkanes) is 1. The van der Waals surface area contributed by atoms with E-state index in [9.17, 15) is 9.59 Å². The molecule has 6 heteroatoms. The summed E-state index contributed by atoms with van der Waals surface area (Å²) < 4.78 is 10.3. The topological polar surface area (TPSA) is 55.8 Å². The summed E-state index contributed by atoms with van der Waals surface area (Å²) >= 11 is 1.67. The molecule has 1 aromatic rings. The fourth-order valence-corrected chi connectivity index (χ4v) is 3.85. The second-order valence-electron chi connectivity index (χ2n) is 6.25. The summed E-state index contributed by atoms with van der Waals surface area (Å²) in [7, 11) is 0. The van der Waals surface area contributed by atoms with Gasteiger partial charge in [-0.3, -0.25) is 9.59 Å². The zero-order valence-corrected chi connectivity index (χ0v) is 15.9. The number of hydrogen-bond acceptors (Lipinski definition) is 6. The molecule has 1 aromatic carbocycles. The third kappa shape index (κ3) is 7.48. The van der Waals surface area contributed by atoms with Gasteiger partial charge < -0.3 is 14.4 Å². The van der Waals surface area contributed by atoms with E-state index in [1.54, 1.807) is 23.9 Å². The predicted octanol–water partition coefficient (Wildman–Crippen LogP) is 3.90. The smallest absolute Gasteiger partial charge is 0.308 e. The van der Waals surface area contributed by atoms with Crippen LogP contribution in [-0.4, -0.2) is 42.2 Å². The third-order valence-electron chi connectivity index (χ3n) is 4.01. The summed E-state index contributed by atoms with van der Waals surface area (Å²) in [5.41, 5.74) is 0. The van der Waals surface area contributed by atoms with Crippen molar-refractivity contribution in [2.75, 3.05) is 25.4 Å². The van der Waals surface area contributed by atoms with Crippen LogP contribution >= 0.6 is 11.8 Å². The minimum atomic E-state index is -0.396. The van der Waals surface area contributed by atoms with E-state index in [1.807, 2.05) is 6.07 Å². The molecule has 0 spiro atoms. The first kappa shape index (κ1) is 19.8. The number of esters is 2. The third-order valence-corrected chi connectivity index (χ3v) is 5.15. The fraction of sp³-hybridized carbons (Fsp3) is 0.579. The molecule has 0 unspecified atom stereocenters. The molecule has 138 valence electrons. The number of benzene rings is 1. The van der Waals surface area contributed by atoms with E-state index in [4.69, 9.17) is 9.47 Å². The van der Waals surface area contributed by atoms with Gasteiger partial charge in [-0.15, -0.1) is 11.8 Å². The van der Waals surface area contributed by atoms with Crippen LogP contribution in [0, 0.1) is 0 Å². The molecule has 0 aliphatic carbocycles. The molecule has 25 heavy (non-hydrogen) atoms. The van der Waals surface area contributed by atoms with Crippen molar-refractivity contribution in [3.05, 3.63) is 18.2 Å². The van der Waals surface area contributed by atoms with Gasteiger partial charge in [0, 0.05) is 19.9 Å². The van der Waals surface area contributed by atoms with Crippen LogP contribution in [0.4, 0.5) is 0 Å². The van der Waals surface area contributed by atoms with Crippen molar-refractivity contribution in [1.29, 1.82) is 0 Å². The Labute approximate surface area is 154 Å². The second-order valence-corrected chi connectivity index (χ2v) is 7.39. The highest BCUT2D eigenvalue weighted by Crippen LogP contribution is 2.33. The number of likely N-dealkylation sites (tertiary alicyclic amines) is 1. The van der Waals surface area contributed by atoms with Gasteiger partial charge in [0.05, 0.1) is 4.90 Å². The number of nitrogens with zero attached hydrogens (tertiary/aromatic N) is 1. The minimum absolute atomic E-state index is 0.382. The van der Waals surface area contributed by atoms with E-state index >= 15 is 0 Å². The van der Waals surface area contributed by atoms with Crippen molar-refractivity contribution in [2.45, 2.75) is 50.8 Å². The fourth-order valence-electron chi connectivity index (χ4n) is 2.87. The molecule has 0 saturated carbocycles. The Morgan fingerprint density at radius 1 is 1.04 bits per heavy atom. The minimum Gasteiger partial charge on any atom is -0.427 e. The Kier molecular flexibility index (Phi) is 8.28. The number of rotatable bonds is 8. The van der Waals surface area contributed by atoms with Crippen molar-refractivity contribution >= 4 is 23.7 Å². The van der Waals surface area contributed by atoms with Gasteiger partial charge in [0.2, 0.25) is 0 Å². The summed E-state index contributed by atoms with van der Waals surface area (Å²) in [5, 5.41) is 0. The number of piperidine rings is 1. The largest absolute Gasteiger partial charge is 0.427 e. The highest BCUT2D eigenvalue weighted by molar-refractivity contribution is 7.99. The zero-order valence-electron chi connectivity index (χ0n) is 15.1. The summed E-state index contributed by atoms with van der Waals surface area (Å²) in [6, 6.07) is 5.16. The monoisotopic (exact) mass is 365 g/mol. The van der Waals surface area contributed by atoms with Gasteiger partial charge in [0.25, 0.3) is 0 Å². The Hall–Kier alpha value is -1.53. The van der Waals surface area contributed by atoms with Crippen LogP contribution in [0.25, 0.3) is 0 Å². The van der Waals surface area contributed by atoms with Crippen LogP contribution in [0.2, 0.25) is 0 Å². The normalized spacial score (nSPS) is 15.0. The van der Waals surface area contributed by atoms with Crippen LogP contribution in [0.3, 0.4) is 0 Å². The van der Waals surface area contributed by atoms with E-state index < -0.39 is 5.97 Å². The second kappa shape index (κ2) is 10.5. The SMILES string of the molecule is CC(=O)Oc1ccc(SCCCCN2CCCCC2)c(OC(C)=O)c1. The van der Waals surface area contributed by atoms with Crippen molar-refractivity contribution in [3.8, 4) is 11.5 Å². The molecule has 1 aliphatic heterocycles. The Bertz CT molecular complexity index is 585. The number of hydrogen-bond donors (Lipinski definition) is 0. The van der Waals surface area contributed by atoms with Gasteiger partial charge in [0.15, 0.2) is 0 Å². The van der Waals surface area contributed by atoms with Crippen molar-refractivity contribution in [3.63, 3.8) is 0 Å². The van der Waals surface area contributed by atoms with E-state index in [1.165, 1.54) is 59.2 Å². The first-order valence-corrected chi connectivity index (χ1v) is 9.89. The molecule has 5 nitrogen and oxygen atoms in total. The molecule has 0 N–H and O–H groups in total. The quantitative estimate of drug-likeness (QED) is 0.301. The number of ether oxygens (including phenoxy) is 2. The maximum atomic E-state index is 11.3. The molecular weight excluding hydrogens is 338 g/mol. The molecule has 0 amide bonds. The maximum Gasteiger partial charge on any atom is 0.308 e. The predicted molar refractivity (Wildman–Crippen MR) is 99.3 cm³/mol. The van der Waals surface area contributed by atoms with E-state index in [0.717, 1.165) is 17.1 Å². The lowest BCUT2D eigenvalue weighted by Crippen LogP contribution is -2.30. The average Bonchev–Trinajstić information content (AvgIpc) is 2.56. The first-order valence-electron chi connectivity index (χ1n) is 8.90. The standard InChI is InChI=1S/C19H27NO4S/c1-15(21)23-17-8-9-19(18(14-17)24-16(2)22)25-13-7-6-12-20-10-4-3-5-11-20/h8-9,14H,3-7,10-13H2,1-2H3.